The van der Waals surface area contributed by atoms with Gasteiger partial charge >= 0.3 is 0 Å². The quantitative estimate of drug-likeness (QED) is 0.365. The van der Waals surface area contributed by atoms with Gasteiger partial charge in [0.2, 0.25) is 0 Å². The molecule has 2 aromatic rings. The second kappa shape index (κ2) is 13.4. The number of benzene rings is 2. The number of rotatable bonds is 13. The Morgan fingerprint density at radius 3 is 1.86 bits per heavy atom. The first-order valence-corrected chi connectivity index (χ1v) is 12.6. The molecule has 2 N–H and O–H groups in total. The summed E-state index contributed by atoms with van der Waals surface area (Å²) in [4.78, 5) is 23.9. The van der Waals surface area contributed by atoms with E-state index in [1.54, 1.807) is 0 Å². The minimum Gasteiger partial charge on any atom is -0.484 e. The molecule has 0 saturated heterocycles. The van der Waals surface area contributed by atoms with Crippen molar-refractivity contribution in [3.63, 3.8) is 0 Å². The first-order chi connectivity index (χ1) is 16.4. The van der Waals surface area contributed by atoms with Gasteiger partial charge in [-0.15, -0.1) is 0 Å². The molecule has 2 aromatic carbocycles. The summed E-state index contributed by atoms with van der Waals surface area (Å²) >= 11 is 11.1. The van der Waals surface area contributed by atoms with Gasteiger partial charge in [-0.1, -0.05) is 23.2 Å². The number of ether oxygens (including phenoxy) is 2. The third kappa shape index (κ3) is 11.1. The standard InChI is InChI=1S/C21H22Cl2F2N2O7S/c1-35(30,31)34-15(10-27-21(29)12-33-14-3-5-17(23)19(25)9-14)6-7-26-20(28)11-32-13-2-4-16(22)18(24)8-13/h2-5,8-9,15H,6-7,10-12H2,1H3,(H,26,28)(H,27,29). The van der Waals surface area contributed by atoms with Crippen molar-refractivity contribution >= 4 is 45.1 Å². The van der Waals surface area contributed by atoms with Crippen LogP contribution in [0.25, 0.3) is 0 Å². The minimum atomic E-state index is -3.86. The van der Waals surface area contributed by atoms with Crippen LogP contribution in [0.3, 0.4) is 0 Å². The van der Waals surface area contributed by atoms with Gasteiger partial charge in [0.25, 0.3) is 21.9 Å². The van der Waals surface area contributed by atoms with E-state index in [-0.39, 0.29) is 41.1 Å². The van der Waals surface area contributed by atoms with Gasteiger partial charge < -0.3 is 20.1 Å². The Morgan fingerprint density at radius 2 is 1.40 bits per heavy atom. The normalized spacial score (nSPS) is 12.0. The zero-order valence-electron chi connectivity index (χ0n) is 18.4. The summed E-state index contributed by atoms with van der Waals surface area (Å²) in [6, 6.07) is 7.37. The molecule has 14 heteroatoms. The number of halogens is 4. The minimum absolute atomic E-state index is 0.00617. The van der Waals surface area contributed by atoms with Crippen molar-refractivity contribution in [2.45, 2.75) is 12.5 Å². The summed E-state index contributed by atoms with van der Waals surface area (Å²) in [6.45, 7) is -1.10. The first kappa shape index (κ1) is 28.6. The fraction of sp³-hybridized carbons (Fsp3) is 0.333. The lowest BCUT2D eigenvalue weighted by molar-refractivity contribution is -0.124. The van der Waals surface area contributed by atoms with Gasteiger partial charge in [-0.3, -0.25) is 13.8 Å². The van der Waals surface area contributed by atoms with E-state index in [1.165, 1.54) is 24.3 Å². The van der Waals surface area contributed by atoms with Gasteiger partial charge in [0.1, 0.15) is 23.1 Å². The van der Waals surface area contributed by atoms with E-state index in [4.69, 9.17) is 36.9 Å². The number of nitrogens with one attached hydrogen (secondary N) is 2. The van der Waals surface area contributed by atoms with Crippen LogP contribution in [-0.2, 0) is 23.9 Å². The average molecular weight is 555 g/mol. The van der Waals surface area contributed by atoms with Gasteiger partial charge in [0.05, 0.1) is 22.4 Å². The maximum absolute atomic E-state index is 13.4. The lowest BCUT2D eigenvalue weighted by Crippen LogP contribution is -2.39. The van der Waals surface area contributed by atoms with Crippen LogP contribution >= 0.6 is 23.2 Å². The molecule has 2 rings (SSSR count). The number of amides is 2. The van der Waals surface area contributed by atoms with Crippen LogP contribution in [0.4, 0.5) is 8.78 Å². The molecule has 35 heavy (non-hydrogen) atoms. The lowest BCUT2D eigenvalue weighted by atomic mass is 10.2. The summed E-state index contributed by atoms with van der Waals surface area (Å²) in [5.74, 6) is -2.39. The van der Waals surface area contributed by atoms with E-state index in [0.717, 1.165) is 18.4 Å². The first-order valence-electron chi connectivity index (χ1n) is 10.0. The smallest absolute Gasteiger partial charge is 0.264 e. The van der Waals surface area contributed by atoms with Crippen molar-refractivity contribution in [2.24, 2.45) is 0 Å². The molecule has 0 heterocycles. The van der Waals surface area contributed by atoms with Crippen molar-refractivity contribution in [3.05, 3.63) is 58.1 Å². The molecule has 1 unspecified atom stereocenters. The second-order valence-electron chi connectivity index (χ2n) is 7.09. The summed E-state index contributed by atoms with van der Waals surface area (Å²) in [5, 5.41) is 4.75. The van der Waals surface area contributed by atoms with Crippen molar-refractivity contribution in [3.8, 4) is 11.5 Å². The predicted octanol–water partition coefficient (Wildman–Crippen LogP) is 2.70. The molecule has 0 fully saturated rings. The van der Waals surface area contributed by atoms with E-state index >= 15 is 0 Å². The van der Waals surface area contributed by atoms with Crippen LogP contribution < -0.4 is 20.1 Å². The molecule has 0 aliphatic rings. The molecule has 0 bridgehead atoms. The molecule has 0 aromatic heterocycles. The molecule has 0 spiro atoms. The zero-order chi connectivity index (χ0) is 26.0. The molecule has 0 saturated carbocycles. The lowest BCUT2D eigenvalue weighted by Gasteiger charge is -2.17. The maximum atomic E-state index is 13.4. The Labute approximate surface area is 210 Å². The van der Waals surface area contributed by atoms with Crippen LogP contribution in [0, 0.1) is 11.6 Å². The predicted molar refractivity (Wildman–Crippen MR) is 124 cm³/mol. The number of carbonyl (C=O) groups excluding carboxylic acids is 2. The Morgan fingerprint density at radius 1 is 0.914 bits per heavy atom. The van der Waals surface area contributed by atoms with Gasteiger partial charge in [0.15, 0.2) is 13.2 Å². The molecule has 9 nitrogen and oxygen atoms in total. The van der Waals surface area contributed by atoms with E-state index in [0.29, 0.717) is 0 Å². The van der Waals surface area contributed by atoms with Gasteiger partial charge in [-0.25, -0.2) is 8.78 Å². The van der Waals surface area contributed by atoms with Crippen LogP contribution in [0.5, 0.6) is 11.5 Å². The Balaban J connectivity index is 1.76. The van der Waals surface area contributed by atoms with Crippen LogP contribution in [0.2, 0.25) is 10.0 Å². The molecule has 2 amide bonds. The van der Waals surface area contributed by atoms with Crippen molar-refractivity contribution in [1.29, 1.82) is 0 Å². The maximum Gasteiger partial charge on any atom is 0.264 e. The topological polar surface area (TPSA) is 120 Å². The molecular weight excluding hydrogens is 533 g/mol. The largest absolute Gasteiger partial charge is 0.484 e. The number of carbonyl (C=O) groups is 2. The Bertz CT molecular complexity index is 1150. The third-order valence-corrected chi connectivity index (χ3v) is 5.38. The SMILES string of the molecule is CS(=O)(=O)OC(CCNC(=O)COc1ccc(Cl)c(F)c1)CNC(=O)COc1ccc(Cl)c(F)c1. The molecule has 1 atom stereocenters. The summed E-state index contributed by atoms with van der Waals surface area (Å²) in [6.07, 6.45) is -0.121. The number of hydrogen-bond donors (Lipinski definition) is 2. The van der Waals surface area contributed by atoms with Crippen molar-refractivity contribution in [1.82, 2.24) is 10.6 Å². The van der Waals surface area contributed by atoms with E-state index in [9.17, 15) is 26.8 Å². The third-order valence-electron chi connectivity index (χ3n) is 4.15. The van der Waals surface area contributed by atoms with E-state index in [2.05, 4.69) is 10.6 Å². The highest BCUT2D eigenvalue weighted by atomic mass is 35.5. The fourth-order valence-corrected chi connectivity index (χ4v) is 3.46. The highest BCUT2D eigenvalue weighted by molar-refractivity contribution is 7.86. The highest BCUT2D eigenvalue weighted by Crippen LogP contribution is 2.21. The number of hydrogen-bond acceptors (Lipinski definition) is 7. The molecular formula is C21H22Cl2F2N2O7S. The monoisotopic (exact) mass is 554 g/mol. The molecule has 0 radical (unpaired) electrons. The van der Waals surface area contributed by atoms with Crippen LogP contribution in [0.15, 0.2) is 36.4 Å². The van der Waals surface area contributed by atoms with E-state index < -0.39 is 52.9 Å². The molecule has 192 valence electrons. The Hall–Kier alpha value is -2.67. The molecule has 0 aliphatic carbocycles. The van der Waals surface area contributed by atoms with Gasteiger partial charge in [-0.05, 0) is 30.7 Å². The summed E-state index contributed by atoms with van der Waals surface area (Å²) < 4.78 is 65.1. The molecule has 0 aliphatic heterocycles. The van der Waals surface area contributed by atoms with Gasteiger partial charge in [0, 0.05) is 25.2 Å². The van der Waals surface area contributed by atoms with Crippen molar-refractivity contribution < 1.29 is 40.4 Å². The van der Waals surface area contributed by atoms with Crippen molar-refractivity contribution in [2.75, 3.05) is 32.6 Å². The Kier molecular flexibility index (Phi) is 11.0. The second-order valence-corrected chi connectivity index (χ2v) is 9.51. The summed E-state index contributed by atoms with van der Waals surface area (Å²) in [7, 11) is -3.86. The van der Waals surface area contributed by atoms with E-state index in [1.807, 2.05) is 0 Å². The zero-order valence-corrected chi connectivity index (χ0v) is 20.7. The average Bonchev–Trinajstić information content (AvgIpc) is 2.78. The fourth-order valence-electron chi connectivity index (χ4n) is 2.56. The van der Waals surface area contributed by atoms with Crippen LogP contribution in [0.1, 0.15) is 6.42 Å². The summed E-state index contributed by atoms with van der Waals surface area (Å²) in [5.41, 5.74) is 0. The van der Waals surface area contributed by atoms with Crippen LogP contribution in [-0.4, -0.2) is 58.9 Å². The van der Waals surface area contributed by atoms with Gasteiger partial charge in [-0.2, -0.15) is 8.42 Å². The highest BCUT2D eigenvalue weighted by Gasteiger charge is 2.18.